The average Bonchev–Trinajstić information content (AvgIpc) is 2.04. The highest BCUT2D eigenvalue weighted by atomic mass is 79.9. The van der Waals surface area contributed by atoms with Crippen LogP contribution in [0.5, 0.6) is 0 Å². The van der Waals surface area contributed by atoms with Gasteiger partial charge in [-0.15, -0.1) is 0 Å². The molecule has 0 bridgehead atoms. The van der Waals surface area contributed by atoms with E-state index in [4.69, 9.17) is 0 Å². The first kappa shape index (κ1) is 7.74. The van der Waals surface area contributed by atoms with E-state index in [0.717, 1.165) is 4.60 Å². The first-order chi connectivity index (χ1) is 5.79. The zero-order valence-corrected chi connectivity index (χ0v) is 8.30. The molecule has 2 rings (SSSR count). The maximum absolute atomic E-state index is 4.18. The fourth-order valence-electron chi connectivity index (χ4n) is 1.36. The second-order valence-corrected chi connectivity index (χ2v) is 3.53. The highest BCUT2D eigenvalue weighted by Gasteiger charge is 2.00. The number of aryl methyl sites for hydroxylation is 1. The summed E-state index contributed by atoms with van der Waals surface area (Å²) in [5.74, 6) is 0. The van der Waals surface area contributed by atoms with Gasteiger partial charge in [0.05, 0.1) is 0 Å². The normalized spacial score (nSPS) is 10.5. The molecule has 0 N–H and O–H groups in total. The second kappa shape index (κ2) is 2.87. The summed E-state index contributed by atoms with van der Waals surface area (Å²) in [6.45, 7) is 2.09. The van der Waals surface area contributed by atoms with Crippen LogP contribution in [0.1, 0.15) is 5.56 Å². The first-order valence-electron chi connectivity index (χ1n) is 3.79. The van der Waals surface area contributed by atoms with Crippen molar-refractivity contribution in [3.8, 4) is 0 Å². The van der Waals surface area contributed by atoms with Gasteiger partial charge in [0.15, 0.2) is 0 Å². The topological polar surface area (TPSA) is 12.9 Å². The second-order valence-electron chi connectivity index (χ2n) is 2.77. The number of hydrogen-bond acceptors (Lipinski definition) is 1. The molecule has 12 heavy (non-hydrogen) atoms. The Morgan fingerprint density at radius 2 is 2.08 bits per heavy atom. The van der Waals surface area contributed by atoms with Gasteiger partial charge in [-0.2, -0.15) is 0 Å². The number of nitrogens with zero attached hydrogens (tertiary/aromatic N) is 1. The van der Waals surface area contributed by atoms with Crippen molar-refractivity contribution < 1.29 is 0 Å². The maximum Gasteiger partial charge on any atom is 0.114 e. The van der Waals surface area contributed by atoms with Crippen LogP contribution in [0.4, 0.5) is 0 Å². The van der Waals surface area contributed by atoms with Crippen molar-refractivity contribution in [2.45, 2.75) is 6.92 Å². The zero-order chi connectivity index (χ0) is 8.55. The molecule has 0 fully saturated rings. The number of pyridine rings is 1. The standard InChI is InChI=1S/C10H8BrN/c1-7-3-2-4-8-5-6-12-10(11)9(7)8/h2-6H,1H3. The maximum atomic E-state index is 4.18. The molecule has 2 aromatic rings. The minimum atomic E-state index is 0.929. The smallest absolute Gasteiger partial charge is 0.114 e. The number of hydrogen-bond donors (Lipinski definition) is 0. The van der Waals surface area contributed by atoms with Gasteiger partial charge in [0.25, 0.3) is 0 Å². The van der Waals surface area contributed by atoms with Gasteiger partial charge >= 0.3 is 0 Å². The van der Waals surface area contributed by atoms with E-state index in [1.54, 1.807) is 0 Å². The van der Waals surface area contributed by atoms with Gasteiger partial charge in [-0.3, -0.25) is 0 Å². The molecular formula is C10H8BrN. The highest BCUT2D eigenvalue weighted by Crippen LogP contribution is 2.24. The molecule has 1 aromatic heterocycles. The molecule has 0 radical (unpaired) electrons. The molecule has 0 aliphatic rings. The summed E-state index contributed by atoms with van der Waals surface area (Å²) in [4.78, 5) is 4.18. The van der Waals surface area contributed by atoms with Crippen molar-refractivity contribution in [3.05, 3.63) is 40.6 Å². The van der Waals surface area contributed by atoms with Gasteiger partial charge in [0.2, 0.25) is 0 Å². The Labute approximate surface area is 79.6 Å². The van der Waals surface area contributed by atoms with Crippen LogP contribution in [-0.4, -0.2) is 4.98 Å². The number of fused-ring (bicyclic) bond motifs is 1. The van der Waals surface area contributed by atoms with Crippen molar-refractivity contribution in [3.63, 3.8) is 0 Å². The molecule has 0 spiro atoms. The monoisotopic (exact) mass is 221 g/mol. The Kier molecular flexibility index (Phi) is 1.85. The lowest BCUT2D eigenvalue weighted by Crippen LogP contribution is -1.82. The van der Waals surface area contributed by atoms with Crippen molar-refractivity contribution in [1.29, 1.82) is 0 Å². The van der Waals surface area contributed by atoms with Gasteiger partial charge in [0, 0.05) is 11.6 Å². The van der Waals surface area contributed by atoms with E-state index in [9.17, 15) is 0 Å². The summed E-state index contributed by atoms with van der Waals surface area (Å²) in [6, 6.07) is 8.26. The summed E-state index contributed by atoms with van der Waals surface area (Å²) in [5.41, 5.74) is 1.26. The molecule has 1 heterocycles. The minimum Gasteiger partial charge on any atom is -0.249 e. The molecule has 0 aliphatic carbocycles. The zero-order valence-electron chi connectivity index (χ0n) is 6.71. The molecule has 60 valence electrons. The number of rotatable bonds is 0. The Balaban J connectivity index is 2.96. The van der Waals surface area contributed by atoms with Crippen LogP contribution < -0.4 is 0 Å². The van der Waals surface area contributed by atoms with Crippen LogP contribution >= 0.6 is 15.9 Å². The molecule has 0 atom stereocenters. The van der Waals surface area contributed by atoms with E-state index in [1.165, 1.54) is 16.3 Å². The molecule has 0 unspecified atom stereocenters. The molecule has 0 aliphatic heterocycles. The van der Waals surface area contributed by atoms with Crippen molar-refractivity contribution >= 4 is 26.7 Å². The molecule has 1 aromatic carbocycles. The highest BCUT2D eigenvalue weighted by molar-refractivity contribution is 9.10. The number of halogens is 1. The van der Waals surface area contributed by atoms with Crippen molar-refractivity contribution in [2.24, 2.45) is 0 Å². The van der Waals surface area contributed by atoms with Crippen LogP contribution in [0.2, 0.25) is 0 Å². The summed E-state index contributed by atoms with van der Waals surface area (Å²) in [6.07, 6.45) is 1.81. The first-order valence-corrected chi connectivity index (χ1v) is 4.58. The number of benzene rings is 1. The molecule has 0 saturated heterocycles. The fraction of sp³-hybridized carbons (Fsp3) is 0.100. The average molecular weight is 222 g/mol. The van der Waals surface area contributed by atoms with Crippen molar-refractivity contribution in [1.82, 2.24) is 4.98 Å². The van der Waals surface area contributed by atoms with Crippen LogP contribution in [0, 0.1) is 6.92 Å². The van der Waals surface area contributed by atoms with Gasteiger partial charge in [0.1, 0.15) is 4.60 Å². The molecular weight excluding hydrogens is 214 g/mol. The largest absolute Gasteiger partial charge is 0.249 e. The SMILES string of the molecule is Cc1cccc2ccnc(Br)c12. The predicted molar refractivity (Wildman–Crippen MR) is 54.2 cm³/mol. The van der Waals surface area contributed by atoms with E-state index >= 15 is 0 Å². The summed E-state index contributed by atoms with van der Waals surface area (Å²) in [7, 11) is 0. The van der Waals surface area contributed by atoms with Crippen LogP contribution in [0.25, 0.3) is 10.8 Å². The van der Waals surface area contributed by atoms with Crippen LogP contribution in [0.3, 0.4) is 0 Å². The predicted octanol–water partition coefficient (Wildman–Crippen LogP) is 3.31. The molecule has 0 saturated carbocycles. The summed E-state index contributed by atoms with van der Waals surface area (Å²) < 4.78 is 0.929. The fourth-order valence-corrected chi connectivity index (χ4v) is 2.02. The van der Waals surface area contributed by atoms with E-state index < -0.39 is 0 Å². The van der Waals surface area contributed by atoms with Crippen LogP contribution in [0.15, 0.2) is 35.1 Å². The summed E-state index contributed by atoms with van der Waals surface area (Å²) in [5, 5.41) is 2.44. The lowest BCUT2D eigenvalue weighted by atomic mass is 10.1. The van der Waals surface area contributed by atoms with Crippen LogP contribution in [-0.2, 0) is 0 Å². The Bertz CT molecular complexity index is 386. The van der Waals surface area contributed by atoms with E-state index in [2.05, 4.69) is 46.0 Å². The Hall–Kier alpha value is -0.890. The Morgan fingerprint density at radius 1 is 1.25 bits per heavy atom. The lowest BCUT2D eigenvalue weighted by molar-refractivity contribution is 1.30. The van der Waals surface area contributed by atoms with Gasteiger partial charge in [-0.1, -0.05) is 18.2 Å². The van der Waals surface area contributed by atoms with Gasteiger partial charge in [-0.25, -0.2) is 4.98 Å². The molecule has 2 heteroatoms. The third-order valence-corrected chi connectivity index (χ3v) is 2.55. The summed E-state index contributed by atoms with van der Waals surface area (Å²) >= 11 is 3.44. The molecule has 0 amide bonds. The van der Waals surface area contributed by atoms with E-state index in [-0.39, 0.29) is 0 Å². The lowest BCUT2D eigenvalue weighted by Gasteiger charge is -2.01. The molecule has 1 nitrogen and oxygen atoms in total. The minimum absolute atomic E-state index is 0.929. The van der Waals surface area contributed by atoms with Gasteiger partial charge in [-0.05, 0) is 39.9 Å². The third kappa shape index (κ3) is 1.12. The van der Waals surface area contributed by atoms with Gasteiger partial charge < -0.3 is 0 Å². The Morgan fingerprint density at radius 3 is 2.83 bits per heavy atom. The number of aromatic nitrogens is 1. The quantitative estimate of drug-likeness (QED) is 0.623. The van der Waals surface area contributed by atoms with E-state index in [1.807, 2.05) is 12.3 Å². The van der Waals surface area contributed by atoms with Crippen molar-refractivity contribution in [2.75, 3.05) is 0 Å². The van der Waals surface area contributed by atoms with E-state index in [0.29, 0.717) is 0 Å². The third-order valence-electron chi connectivity index (χ3n) is 1.95.